The lowest BCUT2D eigenvalue weighted by Crippen LogP contribution is -2.14. The minimum absolute atomic E-state index is 0.0621. The van der Waals surface area contributed by atoms with Gasteiger partial charge in [-0.2, -0.15) is 0 Å². The average molecular weight is 258 g/mol. The van der Waals surface area contributed by atoms with Crippen molar-refractivity contribution in [3.63, 3.8) is 0 Å². The van der Waals surface area contributed by atoms with Gasteiger partial charge in [0.05, 0.1) is 23.7 Å². The van der Waals surface area contributed by atoms with Gasteiger partial charge in [-0.15, -0.1) is 0 Å². The zero-order valence-corrected chi connectivity index (χ0v) is 11.1. The standard InChI is InChI=1S/C11H18N2O3S/c1-4-5-17(14,15)10-6-9(12)7-13-11(10)16-8(2)3/h6-8H,4-5,12H2,1-3H3. The predicted molar refractivity (Wildman–Crippen MR) is 66.8 cm³/mol. The Morgan fingerprint density at radius 1 is 1.47 bits per heavy atom. The molecule has 0 saturated heterocycles. The Bertz CT molecular complexity index is 483. The van der Waals surface area contributed by atoms with E-state index in [2.05, 4.69) is 4.98 Å². The summed E-state index contributed by atoms with van der Waals surface area (Å²) >= 11 is 0. The number of pyridine rings is 1. The van der Waals surface area contributed by atoms with Gasteiger partial charge in [0.25, 0.3) is 0 Å². The van der Waals surface area contributed by atoms with Crippen LogP contribution in [0.3, 0.4) is 0 Å². The Hall–Kier alpha value is -1.30. The molecule has 1 aromatic rings. The molecule has 0 amide bonds. The third-order valence-electron chi connectivity index (χ3n) is 1.99. The normalized spacial score (nSPS) is 11.8. The Morgan fingerprint density at radius 3 is 2.65 bits per heavy atom. The van der Waals surface area contributed by atoms with E-state index in [9.17, 15) is 8.42 Å². The first-order chi connectivity index (χ1) is 7.86. The first-order valence-corrected chi connectivity index (χ1v) is 7.17. The summed E-state index contributed by atoms with van der Waals surface area (Å²) in [5, 5.41) is 0. The number of nitrogens with zero attached hydrogens (tertiary/aromatic N) is 1. The molecule has 0 aliphatic rings. The van der Waals surface area contributed by atoms with Crippen LogP contribution in [-0.4, -0.2) is 25.3 Å². The molecule has 6 heteroatoms. The van der Waals surface area contributed by atoms with E-state index in [-0.39, 0.29) is 22.6 Å². The van der Waals surface area contributed by atoms with Crippen LogP contribution in [0.15, 0.2) is 17.2 Å². The fraction of sp³-hybridized carbons (Fsp3) is 0.545. The lowest BCUT2D eigenvalue weighted by molar-refractivity contribution is 0.226. The molecule has 2 N–H and O–H groups in total. The van der Waals surface area contributed by atoms with E-state index in [1.54, 1.807) is 6.92 Å². The van der Waals surface area contributed by atoms with E-state index >= 15 is 0 Å². The number of aromatic nitrogens is 1. The number of nitrogens with two attached hydrogens (primary N) is 1. The highest BCUT2D eigenvalue weighted by atomic mass is 32.2. The smallest absolute Gasteiger partial charge is 0.232 e. The molecule has 0 bridgehead atoms. The minimum Gasteiger partial charge on any atom is -0.474 e. The predicted octanol–water partition coefficient (Wildman–Crippen LogP) is 1.63. The molecule has 0 unspecified atom stereocenters. The van der Waals surface area contributed by atoms with Crippen LogP contribution in [0.2, 0.25) is 0 Å². The molecule has 1 heterocycles. The zero-order valence-electron chi connectivity index (χ0n) is 10.3. The van der Waals surface area contributed by atoms with Gasteiger partial charge >= 0.3 is 0 Å². The summed E-state index contributed by atoms with van der Waals surface area (Å²) in [5.41, 5.74) is 5.88. The van der Waals surface area contributed by atoms with E-state index in [4.69, 9.17) is 10.5 Å². The second kappa shape index (κ2) is 5.35. The molecular weight excluding hydrogens is 240 g/mol. The van der Waals surface area contributed by atoms with Crippen LogP contribution >= 0.6 is 0 Å². The van der Waals surface area contributed by atoms with Crippen LogP contribution < -0.4 is 10.5 Å². The zero-order chi connectivity index (χ0) is 13.1. The van der Waals surface area contributed by atoms with Crippen LogP contribution in [0.1, 0.15) is 27.2 Å². The number of ether oxygens (including phenoxy) is 1. The first kappa shape index (κ1) is 13.8. The highest BCUT2D eigenvalue weighted by molar-refractivity contribution is 7.91. The molecule has 17 heavy (non-hydrogen) atoms. The van der Waals surface area contributed by atoms with Crippen molar-refractivity contribution in [2.45, 2.75) is 38.2 Å². The lowest BCUT2D eigenvalue weighted by atomic mass is 10.4. The molecule has 5 nitrogen and oxygen atoms in total. The van der Waals surface area contributed by atoms with Crippen molar-refractivity contribution in [1.82, 2.24) is 4.98 Å². The van der Waals surface area contributed by atoms with Crippen LogP contribution in [-0.2, 0) is 9.84 Å². The maximum atomic E-state index is 12.0. The monoisotopic (exact) mass is 258 g/mol. The van der Waals surface area contributed by atoms with E-state index in [0.29, 0.717) is 12.1 Å². The van der Waals surface area contributed by atoms with Gasteiger partial charge in [-0.3, -0.25) is 0 Å². The van der Waals surface area contributed by atoms with Crippen molar-refractivity contribution in [2.24, 2.45) is 0 Å². The van der Waals surface area contributed by atoms with Crippen LogP contribution in [0.25, 0.3) is 0 Å². The van der Waals surface area contributed by atoms with Gasteiger partial charge in [0.1, 0.15) is 4.90 Å². The molecule has 0 atom stereocenters. The van der Waals surface area contributed by atoms with Gasteiger partial charge < -0.3 is 10.5 Å². The lowest BCUT2D eigenvalue weighted by Gasteiger charge is -2.13. The van der Waals surface area contributed by atoms with Crippen molar-refractivity contribution in [3.05, 3.63) is 12.3 Å². The van der Waals surface area contributed by atoms with Crippen molar-refractivity contribution in [1.29, 1.82) is 0 Å². The molecule has 0 fully saturated rings. The summed E-state index contributed by atoms with van der Waals surface area (Å²) < 4.78 is 29.4. The largest absolute Gasteiger partial charge is 0.474 e. The van der Waals surface area contributed by atoms with Crippen molar-refractivity contribution in [2.75, 3.05) is 11.5 Å². The van der Waals surface area contributed by atoms with Gasteiger partial charge in [-0.25, -0.2) is 13.4 Å². The number of anilines is 1. The summed E-state index contributed by atoms with van der Waals surface area (Å²) in [7, 11) is -3.38. The van der Waals surface area contributed by atoms with Gasteiger partial charge in [0.15, 0.2) is 9.84 Å². The number of rotatable bonds is 5. The van der Waals surface area contributed by atoms with E-state index in [1.165, 1.54) is 12.3 Å². The third kappa shape index (κ3) is 3.59. The molecular formula is C11H18N2O3S. The van der Waals surface area contributed by atoms with Crippen molar-refractivity contribution >= 4 is 15.5 Å². The van der Waals surface area contributed by atoms with Gasteiger partial charge in [-0.05, 0) is 26.3 Å². The molecule has 0 aliphatic heterocycles. The van der Waals surface area contributed by atoms with Crippen LogP contribution in [0.5, 0.6) is 5.88 Å². The molecule has 0 aliphatic carbocycles. The molecule has 0 saturated carbocycles. The molecule has 1 rings (SSSR count). The Balaban J connectivity index is 3.24. The summed E-state index contributed by atoms with van der Waals surface area (Å²) in [5.74, 6) is 0.190. The number of hydrogen-bond acceptors (Lipinski definition) is 5. The van der Waals surface area contributed by atoms with E-state index in [1.807, 2.05) is 13.8 Å². The number of sulfone groups is 1. The van der Waals surface area contributed by atoms with Crippen molar-refractivity contribution < 1.29 is 13.2 Å². The number of hydrogen-bond donors (Lipinski definition) is 1. The van der Waals surface area contributed by atoms with E-state index < -0.39 is 9.84 Å². The molecule has 0 aromatic carbocycles. The Kier molecular flexibility index (Phi) is 4.34. The molecule has 0 spiro atoms. The van der Waals surface area contributed by atoms with Gasteiger partial charge in [0, 0.05) is 0 Å². The SMILES string of the molecule is CCCS(=O)(=O)c1cc(N)cnc1OC(C)C. The minimum atomic E-state index is -3.38. The highest BCUT2D eigenvalue weighted by Crippen LogP contribution is 2.25. The summed E-state index contributed by atoms with van der Waals surface area (Å²) in [4.78, 5) is 4.02. The maximum absolute atomic E-state index is 12.0. The summed E-state index contributed by atoms with van der Waals surface area (Å²) in [6, 6.07) is 1.40. The quantitative estimate of drug-likeness (QED) is 0.868. The average Bonchev–Trinajstić information content (AvgIpc) is 2.20. The maximum Gasteiger partial charge on any atom is 0.232 e. The summed E-state index contributed by atoms with van der Waals surface area (Å²) in [6.07, 6.45) is 1.79. The van der Waals surface area contributed by atoms with E-state index in [0.717, 1.165) is 0 Å². The van der Waals surface area contributed by atoms with Gasteiger partial charge in [0.2, 0.25) is 5.88 Å². The fourth-order valence-corrected chi connectivity index (χ4v) is 2.80. The topological polar surface area (TPSA) is 82.3 Å². The summed E-state index contributed by atoms with van der Waals surface area (Å²) in [6.45, 7) is 5.43. The molecule has 96 valence electrons. The molecule has 0 radical (unpaired) electrons. The molecule has 1 aromatic heterocycles. The second-order valence-electron chi connectivity index (χ2n) is 4.06. The van der Waals surface area contributed by atoms with Crippen molar-refractivity contribution in [3.8, 4) is 5.88 Å². The second-order valence-corrected chi connectivity index (χ2v) is 6.13. The Morgan fingerprint density at radius 2 is 2.12 bits per heavy atom. The van der Waals surface area contributed by atoms with Crippen LogP contribution in [0.4, 0.5) is 5.69 Å². The van der Waals surface area contributed by atoms with Crippen LogP contribution in [0, 0.1) is 0 Å². The fourth-order valence-electron chi connectivity index (χ4n) is 1.36. The van der Waals surface area contributed by atoms with Gasteiger partial charge in [-0.1, -0.05) is 6.92 Å². The highest BCUT2D eigenvalue weighted by Gasteiger charge is 2.21. The Labute approximate surface area is 102 Å². The first-order valence-electron chi connectivity index (χ1n) is 5.51. The number of nitrogen functional groups attached to an aromatic ring is 1. The third-order valence-corrected chi connectivity index (χ3v) is 3.90.